The monoisotopic (exact) mass is 229 g/mol. The molecule has 2 rings (SSSR count). The van der Waals surface area contributed by atoms with Crippen LogP contribution in [0.25, 0.3) is 0 Å². The minimum absolute atomic E-state index is 0. The molecule has 82 valence electrons. The van der Waals surface area contributed by atoms with E-state index in [4.69, 9.17) is 5.11 Å². The van der Waals surface area contributed by atoms with Crippen molar-refractivity contribution in [3.63, 3.8) is 0 Å². The molecule has 1 aromatic rings. The molecule has 0 bridgehead atoms. The molecule has 1 aromatic heterocycles. The lowest BCUT2D eigenvalue weighted by atomic mass is 9.83. The third-order valence-corrected chi connectivity index (χ3v) is 2.62. The third kappa shape index (κ3) is 1.82. The largest absolute Gasteiger partial charge is 0.479 e. The third-order valence-electron chi connectivity index (χ3n) is 2.62. The average molecular weight is 230 g/mol. The van der Waals surface area contributed by atoms with Gasteiger partial charge in [-0.2, -0.15) is 0 Å². The van der Waals surface area contributed by atoms with Crippen LogP contribution in [0.5, 0.6) is 0 Å². The van der Waals surface area contributed by atoms with Gasteiger partial charge in [-0.3, -0.25) is 4.98 Å². The Morgan fingerprint density at radius 1 is 1.53 bits per heavy atom. The number of halogens is 1. The number of nitrogens with zero attached hydrogens (tertiary/aromatic N) is 1. The molecule has 0 radical (unpaired) electrons. The molecule has 5 heteroatoms. The number of aliphatic carboxylic acids is 1. The van der Waals surface area contributed by atoms with E-state index in [9.17, 15) is 9.90 Å². The van der Waals surface area contributed by atoms with Crippen LogP contribution in [-0.2, 0) is 16.8 Å². The summed E-state index contributed by atoms with van der Waals surface area (Å²) in [6.07, 6.45) is 3.23. The summed E-state index contributed by atoms with van der Waals surface area (Å²) in [7, 11) is 0. The van der Waals surface area contributed by atoms with Gasteiger partial charge in [0, 0.05) is 6.20 Å². The summed E-state index contributed by atoms with van der Waals surface area (Å²) >= 11 is 0. The van der Waals surface area contributed by atoms with Crippen LogP contribution in [0.4, 0.5) is 0 Å². The molecule has 15 heavy (non-hydrogen) atoms. The van der Waals surface area contributed by atoms with Gasteiger partial charge in [0.1, 0.15) is 0 Å². The van der Waals surface area contributed by atoms with Gasteiger partial charge in [-0.05, 0) is 30.9 Å². The highest BCUT2D eigenvalue weighted by atomic mass is 35.5. The SMILES string of the molecule is Cl.O=C(O)C1(O)CCCc2cccnc21. The number of aliphatic hydroxyl groups is 1. The molecule has 0 aliphatic heterocycles. The second-order valence-corrected chi connectivity index (χ2v) is 3.53. The predicted molar refractivity (Wildman–Crippen MR) is 56.0 cm³/mol. The number of carboxylic acid groups (broad SMARTS) is 1. The number of rotatable bonds is 1. The van der Waals surface area contributed by atoms with E-state index in [0.717, 1.165) is 12.0 Å². The van der Waals surface area contributed by atoms with E-state index in [1.165, 1.54) is 6.20 Å². The Morgan fingerprint density at radius 2 is 2.27 bits per heavy atom. The minimum atomic E-state index is -1.78. The number of carboxylic acids is 1. The van der Waals surface area contributed by atoms with Crippen LogP contribution >= 0.6 is 12.4 Å². The second-order valence-electron chi connectivity index (χ2n) is 3.53. The van der Waals surface area contributed by atoms with E-state index in [0.29, 0.717) is 12.1 Å². The molecule has 1 heterocycles. The first-order chi connectivity index (χ1) is 6.64. The maximum Gasteiger partial charge on any atom is 0.342 e. The smallest absolute Gasteiger partial charge is 0.342 e. The van der Waals surface area contributed by atoms with Crippen LogP contribution in [0.3, 0.4) is 0 Å². The molecule has 0 aromatic carbocycles. The van der Waals surface area contributed by atoms with Gasteiger partial charge in [0.2, 0.25) is 5.60 Å². The van der Waals surface area contributed by atoms with Crippen LogP contribution < -0.4 is 0 Å². The first-order valence-electron chi connectivity index (χ1n) is 4.55. The van der Waals surface area contributed by atoms with Crippen molar-refractivity contribution in [3.8, 4) is 0 Å². The van der Waals surface area contributed by atoms with Crippen molar-refractivity contribution in [2.75, 3.05) is 0 Å². The molecule has 2 N–H and O–H groups in total. The highest BCUT2D eigenvalue weighted by Crippen LogP contribution is 2.33. The fourth-order valence-electron chi connectivity index (χ4n) is 1.87. The molecule has 1 unspecified atom stereocenters. The maximum atomic E-state index is 10.9. The normalized spacial score (nSPS) is 23.8. The highest BCUT2D eigenvalue weighted by molar-refractivity contribution is 5.85. The lowest BCUT2D eigenvalue weighted by molar-refractivity contribution is -0.161. The molecule has 4 nitrogen and oxygen atoms in total. The number of aryl methyl sites for hydroxylation is 1. The minimum Gasteiger partial charge on any atom is -0.479 e. The quantitative estimate of drug-likeness (QED) is 0.757. The molecule has 1 aliphatic rings. The van der Waals surface area contributed by atoms with Gasteiger partial charge in [0.25, 0.3) is 0 Å². The fourth-order valence-corrected chi connectivity index (χ4v) is 1.87. The molecule has 1 aliphatic carbocycles. The Bertz CT molecular complexity index is 383. The Morgan fingerprint density at radius 3 is 2.93 bits per heavy atom. The summed E-state index contributed by atoms with van der Waals surface area (Å²) in [4.78, 5) is 14.9. The second kappa shape index (κ2) is 4.16. The molecule has 0 spiro atoms. The Labute approximate surface area is 93.4 Å². The van der Waals surface area contributed by atoms with Crippen molar-refractivity contribution in [1.82, 2.24) is 4.98 Å². The van der Waals surface area contributed by atoms with Crippen molar-refractivity contribution in [1.29, 1.82) is 0 Å². The van der Waals surface area contributed by atoms with E-state index >= 15 is 0 Å². The molecule has 0 amide bonds. The van der Waals surface area contributed by atoms with Gasteiger partial charge in [-0.15, -0.1) is 12.4 Å². The molecule has 0 saturated carbocycles. The lowest BCUT2D eigenvalue weighted by Crippen LogP contribution is -2.39. The first kappa shape index (κ1) is 11.9. The standard InChI is InChI=1S/C10H11NO3.ClH/c12-9(13)10(14)5-1-3-7-4-2-6-11-8(7)10;/h2,4,6,14H,1,3,5H2,(H,12,13);1H. The molecular formula is C10H12ClNO3. The van der Waals surface area contributed by atoms with E-state index in [1.54, 1.807) is 6.07 Å². The van der Waals surface area contributed by atoms with E-state index in [-0.39, 0.29) is 18.8 Å². The summed E-state index contributed by atoms with van der Waals surface area (Å²) in [5.41, 5.74) is -0.642. The topological polar surface area (TPSA) is 70.4 Å². The van der Waals surface area contributed by atoms with Gasteiger partial charge >= 0.3 is 5.97 Å². The lowest BCUT2D eigenvalue weighted by Gasteiger charge is -2.28. The fraction of sp³-hybridized carbons (Fsp3) is 0.400. The van der Waals surface area contributed by atoms with Crippen LogP contribution in [0.2, 0.25) is 0 Å². The number of aromatic nitrogens is 1. The molecule has 0 fully saturated rings. The number of hydrogen-bond donors (Lipinski definition) is 2. The van der Waals surface area contributed by atoms with E-state index < -0.39 is 11.6 Å². The molecular weight excluding hydrogens is 218 g/mol. The number of carbonyl (C=O) groups is 1. The van der Waals surface area contributed by atoms with Gasteiger partial charge in [-0.25, -0.2) is 4.79 Å². The van der Waals surface area contributed by atoms with Gasteiger partial charge in [0.15, 0.2) is 0 Å². The van der Waals surface area contributed by atoms with Gasteiger partial charge in [0.05, 0.1) is 5.69 Å². The van der Waals surface area contributed by atoms with E-state index in [2.05, 4.69) is 4.98 Å². The molecule has 1 atom stereocenters. The first-order valence-corrected chi connectivity index (χ1v) is 4.55. The number of pyridine rings is 1. The predicted octanol–water partition coefficient (Wildman–Crippen LogP) is 1.11. The van der Waals surface area contributed by atoms with Crippen LogP contribution in [-0.4, -0.2) is 21.2 Å². The molecule has 0 saturated heterocycles. The summed E-state index contributed by atoms with van der Waals surface area (Å²) < 4.78 is 0. The number of hydrogen-bond acceptors (Lipinski definition) is 3. The van der Waals surface area contributed by atoms with Crippen LogP contribution in [0.1, 0.15) is 24.1 Å². The summed E-state index contributed by atoms with van der Waals surface area (Å²) in [6.45, 7) is 0. The van der Waals surface area contributed by atoms with E-state index in [1.807, 2.05) is 6.07 Å². The summed E-state index contributed by atoms with van der Waals surface area (Å²) in [6, 6.07) is 3.57. The Balaban J connectivity index is 0.00000112. The summed E-state index contributed by atoms with van der Waals surface area (Å²) in [5, 5.41) is 18.9. The Kier molecular flexibility index (Phi) is 3.31. The van der Waals surface area contributed by atoms with Gasteiger partial charge < -0.3 is 10.2 Å². The highest BCUT2D eigenvalue weighted by Gasteiger charge is 2.42. The Hall–Kier alpha value is -1.13. The van der Waals surface area contributed by atoms with Crippen molar-refractivity contribution in [2.45, 2.75) is 24.9 Å². The zero-order chi connectivity index (χ0) is 10.2. The average Bonchev–Trinajstić information content (AvgIpc) is 2.18. The van der Waals surface area contributed by atoms with Crippen LogP contribution in [0.15, 0.2) is 18.3 Å². The summed E-state index contributed by atoms with van der Waals surface area (Å²) in [5.74, 6) is -1.21. The van der Waals surface area contributed by atoms with Crippen molar-refractivity contribution < 1.29 is 15.0 Å². The van der Waals surface area contributed by atoms with Crippen LogP contribution in [0, 0.1) is 0 Å². The maximum absolute atomic E-state index is 10.9. The zero-order valence-corrected chi connectivity index (χ0v) is 8.83. The van der Waals surface area contributed by atoms with Gasteiger partial charge in [-0.1, -0.05) is 6.07 Å². The van der Waals surface area contributed by atoms with Crippen molar-refractivity contribution in [3.05, 3.63) is 29.6 Å². The van der Waals surface area contributed by atoms with Crippen molar-refractivity contribution >= 4 is 18.4 Å². The number of fused-ring (bicyclic) bond motifs is 1. The van der Waals surface area contributed by atoms with Crippen molar-refractivity contribution in [2.24, 2.45) is 0 Å². The zero-order valence-electron chi connectivity index (χ0n) is 8.01.